The van der Waals surface area contributed by atoms with Gasteiger partial charge in [-0.15, -0.1) is 0 Å². The Labute approximate surface area is 148 Å². The van der Waals surface area contributed by atoms with Crippen LogP contribution in [-0.4, -0.2) is 26.6 Å². The monoisotopic (exact) mass is 358 g/mol. The lowest BCUT2D eigenvalue weighted by molar-refractivity contribution is -0.117. The largest absolute Gasteiger partial charge is 0.378 e. The third-order valence-electron chi connectivity index (χ3n) is 4.53. The molecule has 2 aromatic rings. The van der Waals surface area contributed by atoms with Gasteiger partial charge in [0.25, 0.3) is 0 Å². The van der Waals surface area contributed by atoms with E-state index in [4.69, 9.17) is 0 Å². The highest BCUT2D eigenvalue weighted by molar-refractivity contribution is 7.90. The zero-order chi connectivity index (χ0) is 18.2. The lowest BCUT2D eigenvalue weighted by Gasteiger charge is -2.39. The first-order valence-electron chi connectivity index (χ1n) is 8.23. The molecule has 132 valence electrons. The Morgan fingerprint density at radius 1 is 1.16 bits per heavy atom. The van der Waals surface area contributed by atoms with Gasteiger partial charge >= 0.3 is 0 Å². The van der Waals surface area contributed by atoms with Crippen LogP contribution in [0, 0.1) is 0 Å². The van der Waals surface area contributed by atoms with Crippen molar-refractivity contribution in [2.24, 2.45) is 0 Å². The van der Waals surface area contributed by atoms with Gasteiger partial charge in [-0.1, -0.05) is 18.2 Å². The Morgan fingerprint density at radius 3 is 2.44 bits per heavy atom. The molecule has 25 heavy (non-hydrogen) atoms. The number of anilines is 2. The average molecular weight is 358 g/mol. The number of benzene rings is 2. The summed E-state index contributed by atoms with van der Waals surface area (Å²) >= 11 is 0. The van der Waals surface area contributed by atoms with Crippen LogP contribution in [-0.2, 0) is 14.6 Å². The normalized spacial score (nSPS) is 20.0. The first-order valence-corrected chi connectivity index (χ1v) is 10.1. The van der Waals surface area contributed by atoms with Gasteiger partial charge in [0, 0.05) is 30.6 Å². The molecule has 2 aromatic carbocycles. The minimum absolute atomic E-state index is 0.0234. The summed E-state index contributed by atoms with van der Waals surface area (Å²) in [7, 11) is -3.32. The van der Waals surface area contributed by atoms with E-state index in [9.17, 15) is 13.2 Å². The van der Waals surface area contributed by atoms with E-state index in [1.54, 1.807) is 23.1 Å². The fourth-order valence-corrected chi connectivity index (χ4v) is 4.08. The summed E-state index contributed by atoms with van der Waals surface area (Å²) in [6.07, 6.45) is 1.90. The minimum atomic E-state index is -3.32. The number of sulfone groups is 1. The predicted octanol–water partition coefficient (Wildman–Crippen LogP) is 3.39. The van der Waals surface area contributed by atoms with E-state index in [2.05, 4.69) is 5.32 Å². The lowest BCUT2D eigenvalue weighted by Crippen LogP contribution is -2.43. The van der Waals surface area contributed by atoms with E-state index in [0.717, 1.165) is 16.9 Å². The molecule has 0 saturated carbocycles. The molecule has 0 unspecified atom stereocenters. The van der Waals surface area contributed by atoms with Crippen molar-refractivity contribution in [3.8, 4) is 0 Å². The summed E-state index contributed by atoms with van der Waals surface area (Å²) in [5, 5.41) is 3.47. The number of nitrogens with zero attached hydrogens (tertiary/aromatic N) is 1. The molecule has 5 nitrogen and oxygen atoms in total. The SMILES string of the molecule is CC(=O)N1c2ccc(S(C)(=O)=O)cc2[C@@H](Nc2ccccc2)C[C@H]1C. The number of carbonyl (C=O) groups is 1. The molecular formula is C19H22N2O3S. The number of hydrogen-bond acceptors (Lipinski definition) is 4. The molecule has 1 N–H and O–H groups in total. The predicted molar refractivity (Wildman–Crippen MR) is 99.6 cm³/mol. The quantitative estimate of drug-likeness (QED) is 0.913. The Bertz CT molecular complexity index is 894. The summed E-state index contributed by atoms with van der Waals surface area (Å²) in [5.74, 6) is -0.0426. The van der Waals surface area contributed by atoms with Crippen LogP contribution in [0.4, 0.5) is 11.4 Å². The Balaban J connectivity index is 2.09. The second-order valence-corrected chi connectivity index (χ2v) is 8.55. The van der Waals surface area contributed by atoms with Crippen LogP contribution in [0.25, 0.3) is 0 Å². The maximum absolute atomic E-state index is 12.1. The van der Waals surface area contributed by atoms with Crippen molar-refractivity contribution in [3.63, 3.8) is 0 Å². The van der Waals surface area contributed by atoms with E-state index in [1.807, 2.05) is 37.3 Å². The van der Waals surface area contributed by atoms with Crippen molar-refractivity contribution < 1.29 is 13.2 Å². The van der Waals surface area contributed by atoms with Gasteiger partial charge in [0.15, 0.2) is 9.84 Å². The number of para-hydroxylation sites is 1. The van der Waals surface area contributed by atoms with Crippen LogP contribution in [0.3, 0.4) is 0 Å². The topological polar surface area (TPSA) is 66.5 Å². The van der Waals surface area contributed by atoms with E-state index < -0.39 is 9.84 Å². The van der Waals surface area contributed by atoms with Crippen molar-refractivity contribution in [2.75, 3.05) is 16.5 Å². The molecule has 3 rings (SSSR count). The second-order valence-electron chi connectivity index (χ2n) is 6.53. The van der Waals surface area contributed by atoms with Crippen molar-refractivity contribution in [1.82, 2.24) is 0 Å². The molecule has 1 aliphatic rings. The molecule has 0 saturated heterocycles. The maximum atomic E-state index is 12.1. The van der Waals surface area contributed by atoms with Gasteiger partial charge in [-0.2, -0.15) is 0 Å². The molecule has 0 spiro atoms. The molecule has 1 heterocycles. The first-order chi connectivity index (χ1) is 11.8. The summed E-state index contributed by atoms with van der Waals surface area (Å²) in [5.41, 5.74) is 2.57. The van der Waals surface area contributed by atoms with Crippen LogP contribution in [0.1, 0.15) is 31.9 Å². The van der Waals surface area contributed by atoms with Crippen LogP contribution in [0.5, 0.6) is 0 Å². The molecule has 1 amide bonds. The van der Waals surface area contributed by atoms with Crippen molar-refractivity contribution in [1.29, 1.82) is 0 Å². The molecular weight excluding hydrogens is 336 g/mol. The zero-order valence-corrected chi connectivity index (χ0v) is 15.4. The van der Waals surface area contributed by atoms with E-state index >= 15 is 0 Å². The highest BCUT2D eigenvalue weighted by Gasteiger charge is 2.33. The number of rotatable bonds is 3. The van der Waals surface area contributed by atoms with E-state index in [1.165, 1.54) is 13.2 Å². The number of fused-ring (bicyclic) bond motifs is 1. The average Bonchev–Trinajstić information content (AvgIpc) is 2.54. The van der Waals surface area contributed by atoms with Crippen molar-refractivity contribution >= 4 is 27.1 Å². The summed E-state index contributed by atoms with van der Waals surface area (Å²) < 4.78 is 23.9. The van der Waals surface area contributed by atoms with Crippen molar-refractivity contribution in [3.05, 3.63) is 54.1 Å². The van der Waals surface area contributed by atoms with Crippen molar-refractivity contribution in [2.45, 2.75) is 37.2 Å². The summed E-state index contributed by atoms with van der Waals surface area (Å²) in [4.78, 5) is 14.1. The minimum Gasteiger partial charge on any atom is -0.378 e. The number of nitrogens with one attached hydrogen (secondary N) is 1. The fraction of sp³-hybridized carbons (Fsp3) is 0.316. The highest BCUT2D eigenvalue weighted by atomic mass is 32.2. The first kappa shape index (κ1) is 17.5. The fourth-order valence-electron chi connectivity index (χ4n) is 3.42. The standard InChI is InChI=1S/C19H22N2O3S/c1-13-11-18(20-15-7-5-4-6-8-15)17-12-16(25(3,23)24)9-10-19(17)21(13)14(2)22/h4-10,12-13,18,20H,11H2,1-3H3/t13-,18+/m1/s1. The molecule has 0 radical (unpaired) electrons. The number of carbonyl (C=O) groups excluding carboxylic acids is 1. The smallest absolute Gasteiger partial charge is 0.224 e. The Hall–Kier alpha value is -2.34. The zero-order valence-electron chi connectivity index (χ0n) is 14.6. The third kappa shape index (κ3) is 3.54. The molecule has 6 heteroatoms. The lowest BCUT2D eigenvalue weighted by atomic mass is 9.91. The van der Waals surface area contributed by atoms with Crippen LogP contribution in [0.15, 0.2) is 53.4 Å². The van der Waals surface area contributed by atoms with Crippen LogP contribution < -0.4 is 10.2 Å². The van der Waals surface area contributed by atoms with E-state index in [-0.39, 0.29) is 22.9 Å². The van der Waals surface area contributed by atoms with Crippen LogP contribution in [0.2, 0.25) is 0 Å². The molecule has 1 aliphatic heterocycles. The van der Waals surface area contributed by atoms with Gasteiger partial charge < -0.3 is 10.2 Å². The molecule has 0 fully saturated rings. The number of hydrogen-bond donors (Lipinski definition) is 1. The Kier molecular flexibility index (Phi) is 4.56. The van der Waals surface area contributed by atoms with Gasteiger partial charge in [-0.05, 0) is 49.2 Å². The molecule has 2 atom stereocenters. The van der Waals surface area contributed by atoms with Crippen LogP contribution >= 0.6 is 0 Å². The molecule has 0 bridgehead atoms. The molecule has 0 aliphatic carbocycles. The summed E-state index contributed by atoms with van der Waals surface area (Å²) in [6.45, 7) is 3.55. The van der Waals surface area contributed by atoms with Gasteiger partial charge in [-0.25, -0.2) is 8.42 Å². The van der Waals surface area contributed by atoms with Gasteiger partial charge in [0.2, 0.25) is 5.91 Å². The summed E-state index contributed by atoms with van der Waals surface area (Å²) in [6, 6.07) is 14.7. The third-order valence-corrected chi connectivity index (χ3v) is 5.64. The Morgan fingerprint density at radius 2 is 1.84 bits per heavy atom. The van der Waals surface area contributed by atoms with Gasteiger partial charge in [-0.3, -0.25) is 4.79 Å². The second kappa shape index (κ2) is 6.52. The highest BCUT2D eigenvalue weighted by Crippen LogP contribution is 2.40. The number of amides is 1. The van der Waals surface area contributed by atoms with Gasteiger partial charge in [0.1, 0.15) is 0 Å². The maximum Gasteiger partial charge on any atom is 0.224 e. The van der Waals surface area contributed by atoms with E-state index in [0.29, 0.717) is 6.42 Å². The molecule has 0 aromatic heterocycles. The van der Waals surface area contributed by atoms with Gasteiger partial charge in [0.05, 0.1) is 10.9 Å².